The lowest BCUT2D eigenvalue weighted by Crippen LogP contribution is -2.41. The van der Waals surface area contributed by atoms with E-state index in [9.17, 15) is 4.79 Å². The summed E-state index contributed by atoms with van der Waals surface area (Å²) in [6.45, 7) is 8.54. The van der Waals surface area contributed by atoms with Crippen molar-refractivity contribution in [3.05, 3.63) is 30.5 Å². The molecule has 6 heteroatoms. The first-order valence-corrected chi connectivity index (χ1v) is 8.25. The number of fused-ring (bicyclic) bond motifs is 1. The minimum Gasteiger partial charge on any atom is -0.399 e. The van der Waals surface area contributed by atoms with Crippen molar-refractivity contribution in [2.45, 2.75) is 45.4 Å². The molecular weight excluding hydrogens is 303 g/mol. The maximum atomic E-state index is 11.9. The number of carbonyl (C=O) groups is 1. The van der Waals surface area contributed by atoms with E-state index in [2.05, 4.69) is 33.8 Å². The van der Waals surface area contributed by atoms with Gasteiger partial charge in [0.25, 0.3) is 0 Å². The van der Waals surface area contributed by atoms with Crippen molar-refractivity contribution in [3.63, 3.8) is 0 Å². The van der Waals surface area contributed by atoms with E-state index >= 15 is 0 Å². The first-order chi connectivity index (χ1) is 11.1. The molecule has 0 aliphatic carbocycles. The second-order valence-corrected chi connectivity index (χ2v) is 7.64. The van der Waals surface area contributed by atoms with Gasteiger partial charge in [0.15, 0.2) is 0 Å². The van der Waals surface area contributed by atoms with E-state index in [-0.39, 0.29) is 24.2 Å². The lowest BCUT2D eigenvalue weighted by atomic mass is 9.79. The summed E-state index contributed by atoms with van der Waals surface area (Å²) >= 11 is 0. The molecule has 0 N–H and O–H groups in total. The largest absolute Gasteiger partial charge is 0.494 e. The molecule has 0 unspecified atom stereocenters. The van der Waals surface area contributed by atoms with E-state index in [1.54, 1.807) is 19.0 Å². The molecule has 0 atom stereocenters. The smallest absolute Gasteiger partial charge is 0.399 e. The fourth-order valence-electron chi connectivity index (χ4n) is 2.77. The van der Waals surface area contributed by atoms with Crippen LogP contribution in [0.1, 0.15) is 27.7 Å². The van der Waals surface area contributed by atoms with Crippen molar-refractivity contribution < 1.29 is 14.1 Å². The molecule has 5 nitrogen and oxygen atoms in total. The van der Waals surface area contributed by atoms with Crippen molar-refractivity contribution in [1.82, 2.24) is 9.47 Å². The van der Waals surface area contributed by atoms with E-state index in [1.807, 2.05) is 29.0 Å². The molecule has 1 amide bonds. The highest BCUT2D eigenvalue weighted by molar-refractivity contribution is 6.62. The Kier molecular flexibility index (Phi) is 4.01. The summed E-state index contributed by atoms with van der Waals surface area (Å²) in [6, 6.07) is 8.14. The van der Waals surface area contributed by atoms with Crippen molar-refractivity contribution in [1.29, 1.82) is 0 Å². The van der Waals surface area contributed by atoms with Crippen LogP contribution in [0.5, 0.6) is 0 Å². The Labute approximate surface area is 143 Å². The maximum Gasteiger partial charge on any atom is 0.494 e. The average molecular weight is 328 g/mol. The van der Waals surface area contributed by atoms with Gasteiger partial charge >= 0.3 is 7.12 Å². The molecule has 1 aromatic heterocycles. The number of amides is 1. The zero-order valence-electron chi connectivity index (χ0n) is 15.3. The molecule has 24 heavy (non-hydrogen) atoms. The van der Waals surface area contributed by atoms with Crippen LogP contribution in [0.3, 0.4) is 0 Å². The Morgan fingerprint density at radius 1 is 1.12 bits per heavy atom. The Morgan fingerprint density at radius 3 is 2.33 bits per heavy atom. The molecule has 0 saturated carbocycles. The molecule has 0 radical (unpaired) electrons. The van der Waals surface area contributed by atoms with Gasteiger partial charge in [-0.15, -0.1) is 0 Å². The van der Waals surface area contributed by atoms with E-state index in [1.165, 1.54) is 0 Å². The molecule has 128 valence electrons. The predicted molar refractivity (Wildman–Crippen MR) is 96.3 cm³/mol. The average Bonchev–Trinajstić information content (AvgIpc) is 2.97. The van der Waals surface area contributed by atoms with Crippen LogP contribution in [0.15, 0.2) is 30.5 Å². The lowest BCUT2D eigenvalue weighted by molar-refractivity contribution is -0.129. The number of hydrogen-bond donors (Lipinski definition) is 0. The number of rotatable bonds is 3. The summed E-state index contributed by atoms with van der Waals surface area (Å²) in [5, 5.41) is 1.08. The highest BCUT2D eigenvalue weighted by Gasteiger charge is 2.51. The van der Waals surface area contributed by atoms with E-state index in [0.29, 0.717) is 6.54 Å². The molecule has 2 heterocycles. The summed E-state index contributed by atoms with van der Waals surface area (Å²) in [7, 11) is 3.17. The van der Waals surface area contributed by atoms with Crippen LogP contribution in [-0.2, 0) is 20.6 Å². The molecular formula is C18H25BN2O3. The van der Waals surface area contributed by atoms with Gasteiger partial charge in [-0.2, -0.15) is 0 Å². The number of likely N-dealkylation sites (N-methyl/N-ethyl adjacent to an activating group) is 1. The lowest BCUT2D eigenvalue weighted by Gasteiger charge is -2.32. The zero-order valence-corrected chi connectivity index (χ0v) is 15.3. The van der Waals surface area contributed by atoms with Gasteiger partial charge in [-0.3, -0.25) is 4.79 Å². The van der Waals surface area contributed by atoms with Crippen LogP contribution in [0.2, 0.25) is 0 Å². The summed E-state index contributed by atoms with van der Waals surface area (Å²) in [5.41, 5.74) is 1.33. The van der Waals surface area contributed by atoms with Gasteiger partial charge in [-0.1, -0.05) is 12.1 Å². The highest BCUT2D eigenvalue weighted by Crippen LogP contribution is 2.36. The van der Waals surface area contributed by atoms with E-state index < -0.39 is 0 Å². The van der Waals surface area contributed by atoms with Crippen LogP contribution in [0.25, 0.3) is 10.9 Å². The molecule has 1 aliphatic rings. The first-order valence-electron chi connectivity index (χ1n) is 8.25. The SMILES string of the molecule is CN(C)C(=O)Cn1ccc2cc(B3OC(C)(C)C(C)(C)O3)ccc21. The third-order valence-electron chi connectivity index (χ3n) is 5.12. The molecule has 1 aliphatic heterocycles. The summed E-state index contributed by atoms with van der Waals surface area (Å²) in [6.07, 6.45) is 1.94. The third-order valence-corrected chi connectivity index (χ3v) is 5.12. The summed E-state index contributed by atoms with van der Waals surface area (Å²) < 4.78 is 14.2. The standard InChI is InChI=1S/C18H25BN2O3/c1-17(2)18(3,4)24-19(23-17)14-7-8-15-13(11-14)9-10-21(15)12-16(22)20(5)6/h7-11H,12H2,1-6H3. The monoisotopic (exact) mass is 328 g/mol. The van der Waals surface area contributed by atoms with Crippen LogP contribution in [0.4, 0.5) is 0 Å². The first kappa shape index (κ1) is 17.1. The van der Waals surface area contributed by atoms with Gasteiger partial charge in [0.2, 0.25) is 5.91 Å². The fraction of sp³-hybridized carbons (Fsp3) is 0.500. The number of aromatic nitrogens is 1. The van der Waals surface area contributed by atoms with Crippen molar-refractivity contribution >= 4 is 29.4 Å². The zero-order chi connectivity index (χ0) is 17.7. The topological polar surface area (TPSA) is 43.7 Å². The Balaban J connectivity index is 1.87. The second kappa shape index (κ2) is 5.64. The maximum absolute atomic E-state index is 11.9. The molecule has 1 saturated heterocycles. The van der Waals surface area contributed by atoms with Crippen LogP contribution in [0, 0.1) is 0 Å². The molecule has 3 rings (SSSR count). The molecule has 2 aromatic rings. The predicted octanol–water partition coefficient (Wildman–Crippen LogP) is 2.03. The molecule has 0 bridgehead atoms. The van der Waals surface area contributed by atoms with E-state index in [0.717, 1.165) is 16.4 Å². The Hall–Kier alpha value is -1.79. The van der Waals surface area contributed by atoms with Gasteiger partial charge in [0, 0.05) is 25.8 Å². The number of benzene rings is 1. The fourth-order valence-corrected chi connectivity index (χ4v) is 2.77. The van der Waals surface area contributed by atoms with Gasteiger partial charge in [0.1, 0.15) is 6.54 Å². The van der Waals surface area contributed by atoms with Crippen LogP contribution >= 0.6 is 0 Å². The second-order valence-electron chi connectivity index (χ2n) is 7.64. The number of nitrogens with zero attached hydrogens (tertiary/aromatic N) is 2. The summed E-state index contributed by atoms with van der Waals surface area (Å²) in [4.78, 5) is 13.5. The van der Waals surface area contributed by atoms with Gasteiger partial charge in [-0.25, -0.2) is 0 Å². The van der Waals surface area contributed by atoms with Crippen molar-refractivity contribution in [2.24, 2.45) is 0 Å². The quantitative estimate of drug-likeness (QED) is 0.810. The number of hydrogen-bond acceptors (Lipinski definition) is 3. The summed E-state index contributed by atoms with van der Waals surface area (Å²) in [5.74, 6) is 0.0718. The van der Waals surface area contributed by atoms with Gasteiger partial charge < -0.3 is 18.8 Å². The molecule has 0 spiro atoms. The van der Waals surface area contributed by atoms with Gasteiger partial charge in [-0.05, 0) is 50.7 Å². The van der Waals surface area contributed by atoms with Crippen molar-refractivity contribution in [3.8, 4) is 0 Å². The minimum atomic E-state index is -0.369. The van der Waals surface area contributed by atoms with E-state index in [4.69, 9.17) is 9.31 Å². The van der Waals surface area contributed by atoms with Crippen LogP contribution in [-0.4, -0.2) is 47.8 Å². The highest BCUT2D eigenvalue weighted by atomic mass is 16.7. The third kappa shape index (κ3) is 2.85. The Morgan fingerprint density at radius 2 is 1.75 bits per heavy atom. The molecule has 1 fully saturated rings. The Bertz CT molecular complexity index is 764. The number of carbonyl (C=O) groups excluding carboxylic acids is 1. The van der Waals surface area contributed by atoms with Gasteiger partial charge in [0.05, 0.1) is 11.2 Å². The van der Waals surface area contributed by atoms with Crippen molar-refractivity contribution in [2.75, 3.05) is 14.1 Å². The molecule has 1 aromatic carbocycles. The minimum absolute atomic E-state index is 0.0718. The normalized spacial score (nSPS) is 19.0. The van der Waals surface area contributed by atoms with Crippen LogP contribution < -0.4 is 5.46 Å².